The second-order valence-corrected chi connectivity index (χ2v) is 7.56. The maximum atomic E-state index is 14.4. The lowest BCUT2D eigenvalue weighted by molar-refractivity contribution is -0.133. The van der Waals surface area contributed by atoms with Crippen LogP contribution in [0.4, 0.5) is 9.18 Å². The average Bonchev–Trinajstić information content (AvgIpc) is 3.47. The third kappa shape index (κ3) is 3.45. The lowest BCUT2D eigenvalue weighted by atomic mass is 9.97. The van der Waals surface area contributed by atoms with E-state index in [0.717, 1.165) is 22.2 Å². The summed E-state index contributed by atoms with van der Waals surface area (Å²) in [4.78, 5) is 39.6. The van der Waals surface area contributed by atoms with Crippen molar-refractivity contribution in [2.75, 3.05) is 0 Å². The number of thioether (sulfide) groups is 1. The third-order valence-corrected chi connectivity index (χ3v) is 5.51. The fraction of sp³-hybridized carbons (Fsp3) is 0.190. The van der Waals surface area contributed by atoms with Crippen molar-refractivity contribution in [1.29, 1.82) is 0 Å². The summed E-state index contributed by atoms with van der Waals surface area (Å²) in [7, 11) is 0. The number of carbonyl (C=O) groups is 3. The number of hydrogen-bond acceptors (Lipinski definition) is 4. The number of rotatable bonds is 5. The van der Waals surface area contributed by atoms with Crippen molar-refractivity contribution in [2.24, 2.45) is 5.92 Å². The Morgan fingerprint density at radius 2 is 1.74 bits per heavy atom. The van der Waals surface area contributed by atoms with E-state index in [4.69, 9.17) is 0 Å². The Morgan fingerprint density at radius 3 is 2.41 bits per heavy atom. The summed E-state index contributed by atoms with van der Waals surface area (Å²) in [5, 5.41) is -0.551. The van der Waals surface area contributed by atoms with Crippen molar-refractivity contribution in [1.82, 2.24) is 4.90 Å². The van der Waals surface area contributed by atoms with E-state index in [1.165, 1.54) is 18.2 Å². The maximum Gasteiger partial charge on any atom is 0.294 e. The fourth-order valence-corrected chi connectivity index (χ4v) is 3.97. The first-order valence-electron chi connectivity index (χ1n) is 8.66. The van der Waals surface area contributed by atoms with Crippen LogP contribution in [0.15, 0.2) is 59.5 Å². The molecule has 1 heterocycles. The molecule has 0 aromatic heterocycles. The van der Waals surface area contributed by atoms with Crippen LogP contribution in [0, 0.1) is 11.7 Å². The standard InChI is InChI=1S/C21H16FNO3S/c22-16-9-5-4-8-15(16)18(19(24)14-10-11-14)23-20(25)17(27-21(23)26)12-13-6-2-1-3-7-13/h1-9,12,14,18H,10-11H2/b17-12-. The van der Waals surface area contributed by atoms with Gasteiger partial charge in [0.05, 0.1) is 4.91 Å². The number of hydrogen-bond donors (Lipinski definition) is 0. The third-order valence-electron chi connectivity index (χ3n) is 4.63. The SMILES string of the molecule is O=C(C1CC1)C(c1ccccc1F)N1C(=O)S/C(=C\c2ccccc2)C1=O. The molecular formula is C21H16FNO3S. The highest BCUT2D eigenvalue weighted by Crippen LogP contribution is 2.43. The monoisotopic (exact) mass is 381 g/mol. The predicted molar refractivity (Wildman–Crippen MR) is 101 cm³/mol. The summed E-state index contributed by atoms with van der Waals surface area (Å²) in [6, 6.07) is 13.7. The number of Topliss-reactive ketones (excluding diaryl/α,β-unsaturated/α-hetero) is 1. The molecule has 6 heteroatoms. The number of ketones is 1. The highest BCUT2D eigenvalue weighted by Gasteiger charge is 2.47. The number of nitrogens with zero attached hydrogens (tertiary/aromatic N) is 1. The number of imide groups is 1. The molecule has 0 N–H and O–H groups in total. The van der Waals surface area contributed by atoms with Crippen molar-refractivity contribution < 1.29 is 18.8 Å². The van der Waals surface area contributed by atoms with Crippen LogP contribution in [0.5, 0.6) is 0 Å². The molecule has 4 rings (SSSR count). The van der Waals surface area contributed by atoms with E-state index < -0.39 is 23.0 Å². The van der Waals surface area contributed by atoms with Crippen molar-refractivity contribution in [3.63, 3.8) is 0 Å². The maximum absolute atomic E-state index is 14.4. The highest BCUT2D eigenvalue weighted by molar-refractivity contribution is 8.18. The molecule has 0 radical (unpaired) electrons. The van der Waals surface area contributed by atoms with Gasteiger partial charge in [0.1, 0.15) is 11.9 Å². The van der Waals surface area contributed by atoms with Crippen LogP contribution in [-0.2, 0) is 9.59 Å². The van der Waals surface area contributed by atoms with E-state index in [1.807, 2.05) is 30.3 Å². The van der Waals surface area contributed by atoms with Crippen molar-refractivity contribution in [3.8, 4) is 0 Å². The molecule has 1 aliphatic heterocycles. The predicted octanol–water partition coefficient (Wildman–Crippen LogP) is 4.58. The summed E-state index contributed by atoms with van der Waals surface area (Å²) in [5.41, 5.74) is 0.844. The summed E-state index contributed by atoms with van der Waals surface area (Å²) >= 11 is 0.779. The van der Waals surface area contributed by atoms with Gasteiger partial charge in [0.15, 0.2) is 5.78 Å². The summed E-state index contributed by atoms with van der Waals surface area (Å²) in [5.74, 6) is -1.65. The first-order chi connectivity index (χ1) is 13.1. The van der Waals surface area contributed by atoms with E-state index in [2.05, 4.69) is 0 Å². The molecule has 4 nitrogen and oxygen atoms in total. The van der Waals surface area contributed by atoms with Crippen LogP contribution in [-0.4, -0.2) is 21.8 Å². The zero-order valence-electron chi connectivity index (χ0n) is 14.3. The minimum Gasteiger partial charge on any atom is -0.297 e. The second-order valence-electron chi connectivity index (χ2n) is 6.56. The number of benzene rings is 2. The molecule has 2 fully saturated rings. The molecule has 2 aromatic rings. The quantitative estimate of drug-likeness (QED) is 0.711. The molecule has 1 unspecified atom stereocenters. The lowest BCUT2D eigenvalue weighted by Gasteiger charge is -2.25. The molecule has 1 saturated heterocycles. The fourth-order valence-electron chi connectivity index (χ4n) is 3.11. The molecule has 27 heavy (non-hydrogen) atoms. The van der Waals surface area contributed by atoms with Gasteiger partial charge in [-0.25, -0.2) is 4.39 Å². The van der Waals surface area contributed by atoms with Gasteiger partial charge in [0, 0.05) is 11.5 Å². The molecule has 1 atom stereocenters. The Bertz CT molecular complexity index is 953. The number of carbonyl (C=O) groups excluding carboxylic acids is 3. The number of halogens is 1. The summed E-state index contributed by atoms with van der Waals surface area (Å²) < 4.78 is 14.4. The van der Waals surface area contributed by atoms with Gasteiger partial charge in [-0.3, -0.25) is 19.3 Å². The molecule has 1 aliphatic carbocycles. The van der Waals surface area contributed by atoms with Crippen molar-refractivity contribution in [3.05, 3.63) is 76.4 Å². The Morgan fingerprint density at radius 1 is 1.07 bits per heavy atom. The van der Waals surface area contributed by atoms with E-state index in [0.29, 0.717) is 12.8 Å². The first kappa shape index (κ1) is 17.7. The van der Waals surface area contributed by atoms with Crippen LogP contribution < -0.4 is 0 Å². The Balaban J connectivity index is 1.73. The van der Waals surface area contributed by atoms with Gasteiger partial charge < -0.3 is 0 Å². The van der Waals surface area contributed by atoms with Gasteiger partial charge in [-0.05, 0) is 42.3 Å². The van der Waals surface area contributed by atoms with E-state index in [9.17, 15) is 18.8 Å². The zero-order chi connectivity index (χ0) is 19.0. The molecule has 2 amide bonds. The van der Waals surface area contributed by atoms with Gasteiger partial charge >= 0.3 is 0 Å². The second kappa shape index (κ2) is 7.12. The summed E-state index contributed by atoms with van der Waals surface area (Å²) in [6.45, 7) is 0. The Hall–Kier alpha value is -2.73. The first-order valence-corrected chi connectivity index (χ1v) is 9.48. The highest BCUT2D eigenvalue weighted by atomic mass is 32.2. The van der Waals surface area contributed by atoms with Gasteiger partial charge in [0.2, 0.25) is 0 Å². The lowest BCUT2D eigenvalue weighted by Crippen LogP contribution is -2.38. The molecule has 2 aromatic carbocycles. The van der Waals surface area contributed by atoms with Crippen LogP contribution in [0.25, 0.3) is 6.08 Å². The van der Waals surface area contributed by atoms with Crippen molar-refractivity contribution >= 4 is 34.8 Å². The van der Waals surface area contributed by atoms with Gasteiger partial charge in [-0.2, -0.15) is 0 Å². The van der Waals surface area contributed by atoms with Crippen LogP contribution in [0.3, 0.4) is 0 Å². The van der Waals surface area contributed by atoms with E-state index in [-0.39, 0.29) is 22.2 Å². The van der Waals surface area contributed by atoms with Gasteiger partial charge in [-0.15, -0.1) is 0 Å². The smallest absolute Gasteiger partial charge is 0.294 e. The van der Waals surface area contributed by atoms with Crippen LogP contribution in [0.2, 0.25) is 0 Å². The minimum atomic E-state index is -1.21. The normalized spacial score (nSPS) is 19.6. The molecule has 0 spiro atoms. The topological polar surface area (TPSA) is 54.5 Å². The van der Waals surface area contributed by atoms with Crippen LogP contribution in [0.1, 0.15) is 30.0 Å². The Labute approximate surface area is 160 Å². The van der Waals surface area contributed by atoms with E-state index in [1.54, 1.807) is 12.1 Å². The molecule has 136 valence electrons. The minimum absolute atomic E-state index is 0.0673. The average molecular weight is 381 g/mol. The molecule has 1 saturated carbocycles. The van der Waals surface area contributed by atoms with Crippen molar-refractivity contribution in [2.45, 2.75) is 18.9 Å². The zero-order valence-corrected chi connectivity index (χ0v) is 15.1. The van der Waals surface area contributed by atoms with Crippen LogP contribution >= 0.6 is 11.8 Å². The Kier molecular flexibility index (Phi) is 4.66. The molecular weight excluding hydrogens is 365 g/mol. The largest absolute Gasteiger partial charge is 0.297 e. The molecule has 2 aliphatic rings. The van der Waals surface area contributed by atoms with Gasteiger partial charge in [-0.1, -0.05) is 48.5 Å². The number of amides is 2. The van der Waals surface area contributed by atoms with Gasteiger partial charge in [0.25, 0.3) is 11.1 Å². The molecule has 0 bridgehead atoms. The summed E-state index contributed by atoms with van der Waals surface area (Å²) in [6.07, 6.45) is 3.03. The van der Waals surface area contributed by atoms with E-state index >= 15 is 0 Å².